The number of rotatable bonds is 5. The highest BCUT2D eigenvalue weighted by Gasteiger charge is 2.26. The zero-order valence-corrected chi connectivity index (χ0v) is 17.6. The van der Waals surface area contributed by atoms with Gasteiger partial charge >= 0.3 is 0 Å². The van der Waals surface area contributed by atoms with Crippen molar-refractivity contribution in [2.24, 2.45) is 5.92 Å². The largest absolute Gasteiger partial charge is 0.349 e. The highest BCUT2D eigenvalue weighted by atomic mass is 16.2. The maximum Gasteiger partial charge on any atom is 0.273 e. The molecule has 0 bridgehead atoms. The molecule has 2 aliphatic rings. The van der Waals surface area contributed by atoms with E-state index in [2.05, 4.69) is 22.4 Å². The number of carbonyl (C=O) groups is 2. The van der Waals surface area contributed by atoms with Gasteiger partial charge in [0.05, 0.1) is 0 Å². The van der Waals surface area contributed by atoms with Gasteiger partial charge in [-0.05, 0) is 67.2 Å². The summed E-state index contributed by atoms with van der Waals surface area (Å²) >= 11 is 0. The first-order valence-corrected chi connectivity index (χ1v) is 11.2. The molecule has 1 N–H and O–H groups in total. The molecule has 0 spiro atoms. The van der Waals surface area contributed by atoms with Gasteiger partial charge in [0, 0.05) is 36.3 Å². The maximum absolute atomic E-state index is 13.1. The Bertz CT molecular complexity index is 1090. The molecule has 1 aliphatic heterocycles. The fourth-order valence-corrected chi connectivity index (χ4v) is 4.40. The zero-order chi connectivity index (χ0) is 21.2. The molecule has 5 rings (SSSR count). The van der Waals surface area contributed by atoms with Crippen molar-refractivity contribution in [3.63, 3.8) is 0 Å². The first-order chi connectivity index (χ1) is 15.2. The molecule has 5 heteroatoms. The first kappa shape index (κ1) is 19.7. The third kappa shape index (κ3) is 4.46. The van der Waals surface area contributed by atoms with Crippen molar-refractivity contribution in [3.05, 3.63) is 77.6 Å². The van der Waals surface area contributed by atoms with Crippen molar-refractivity contribution in [3.8, 4) is 0 Å². The summed E-state index contributed by atoms with van der Waals surface area (Å²) < 4.78 is 0. The number of amides is 2. The Kier molecular flexibility index (Phi) is 5.41. The summed E-state index contributed by atoms with van der Waals surface area (Å²) in [4.78, 5) is 31.6. The molecule has 0 radical (unpaired) electrons. The van der Waals surface area contributed by atoms with Crippen LogP contribution in [0.3, 0.4) is 0 Å². The van der Waals surface area contributed by atoms with Crippen LogP contribution in [0.4, 0.5) is 0 Å². The van der Waals surface area contributed by atoms with E-state index < -0.39 is 0 Å². The van der Waals surface area contributed by atoms with E-state index in [1.807, 2.05) is 47.4 Å². The molecule has 0 unspecified atom stereocenters. The SMILES string of the molecule is O=C(NC1CC1)c1ccc(CC2CCN(C(=O)c3nccc4ccccc34)CC2)cc1. The predicted molar refractivity (Wildman–Crippen MR) is 121 cm³/mol. The summed E-state index contributed by atoms with van der Waals surface area (Å²) in [5.41, 5.74) is 2.54. The normalized spacial score (nSPS) is 17.0. The van der Waals surface area contributed by atoms with Gasteiger partial charge in [-0.3, -0.25) is 14.6 Å². The smallest absolute Gasteiger partial charge is 0.273 e. The molecule has 5 nitrogen and oxygen atoms in total. The number of hydrogen-bond acceptors (Lipinski definition) is 3. The van der Waals surface area contributed by atoms with Crippen molar-refractivity contribution >= 4 is 22.6 Å². The van der Waals surface area contributed by atoms with Crippen LogP contribution in [0.2, 0.25) is 0 Å². The Labute approximate surface area is 182 Å². The molecule has 3 aromatic rings. The molecule has 2 aromatic carbocycles. The molecule has 31 heavy (non-hydrogen) atoms. The quantitative estimate of drug-likeness (QED) is 0.681. The number of piperidine rings is 1. The molecular weight excluding hydrogens is 386 g/mol. The summed E-state index contributed by atoms with van der Waals surface area (Å²) in [6.45, 7) is 1.52. The molecule has 1 aromatic heterocycles. The molecule has 1 saturated heterocycles. The topological polar surface area (TPSA) is 62.3 Å². The minimum absolute atomic E-state index is 0.0290. The molecule has 2 heterocycles. The number of aromatic nitrogens is 1. The fraction of sp³-hybridized carbons (Fsp3) is 0.346. The lowest BCUT2D eigenvalue weighted by atomic mass is 9.89. The van der Waals surface area contributed by atoms with Crippen LogP contribution >= 0.6 is 0 Å². The summed E-state index contributed by atoms with van der Waals surface area (Å²) in [5, 5.41) is 5.00. The Hall–Kier alpha value is -3.21. The van der Waals surface area contributed by atoms with E-state index in [1.165, 1.54) is 5.56 Å². The summed E-state index contributed by atoms with van der Waals surface area (Å²) in [6.07, 6.45) is 6.87. The number of benzene rings is 2. The molecule has 0 atom stereocenters. The minimum atomic E-state index is 0.0290. The highest BCUT2D eigenvalue weighted by molar-refractivity contribution is 6.05. The summed E-state index contributed by atoms with van der Waals surface area (Å²) in [7, 11) is 0. The van der Waals surface area contributed by atoms with Crippen LogP contribution in [-0.2, 0) is 6.42 Å². The second kappa shape index (κ2) is 8.50. The highest BCUT2D eigenvalue weighted by Crippen LogP contribution is 2.25. The lowest BCUT2D eigenvalue weighted by molar-refractivity contribution is 0.0686. The van der Waals surface area contributed by atoms with E-state index in [1.54, 1.807) is 6.20 Å². The van der Waals surface area contributed by atoms with Crippen LogP contribution in [0.25, 0.3) is 10.8 Å². The van der Waals surface area contributed by atoms with E-state index >= 15 is 0 Å². The van der Waals surface area contributed by atoms with Crippen molar-refractivity contribution in [1.29, 1.82) is 0 Å². The number of hydrogen-bond donors (Lipinski definition) is 1. The zero-order valence-electron chi connectivity index (χ0n) is 17.6. The number of fused-ring (bicyclic) bond motifs is 1. The third-order valence-corrected chi connectivity index (χ3v) is 6.43. The van der Waals surface area contributed by atoms with Gasteiger partial charge in [0.15, 0.2) is 0 Å². The van der Waals surface area contributed by atoms with Crippen molar-refractivity contribution in [2.45, 2.75) is 38.1 Å². The number of carbonyl (C=O) groups excluding carboxylic acids is 2. The minimum Gasteiger partial charge on any atom is -0.349 e. The van der Waals surface area contributed by atoms with Crippen LogP contribution < -0.4 is 5.32 Å². The van der Waals surface area contributed by atoms with E-state index in [0.29, 0.717) is 17.7 Å². The van der Waals surface area contributed by atoms with E-state index in [9.17, 15) is 9.59 Å². The van der Waals surface area contributed by atoms with Crippen molar-refractivity contribution in [2.75, 3.05) is 13.1 Å². The molecular formula is C26H27N3O2. The number of likely N-dealkylation sites (tertiary alicyclic amines) is 1. The van der Waals surface area contributed by atoms with Crippen molar-refractivity contribution in [1.82, 2.24) is 15.2 Å². The van der Waals surface area contributed by atoms with Crippen LogP contribution in [0.5, 0.6) is 0 Å². The standard InChI is InChI=1S/C26H27N3O2/c30-25(28-22-9-10-22)21-7-5-18(6-8-21)17-19-12-15-29(16-13-19)26(31)24-23-4-2-1-3-20(23)11-14-27-24/h1-8,11,14,19,22H,9-10,12-13,15-17H2,(H,28,30). The van der Waals surface area contributed by atoms with Gasteiger partial charge in [-0.2, -0.15) is 0 Å². The average molecular weight is 414 g/mol. The molecule has 1 saturated carbocycles. The van der Waals surface area contributed by atoms with Crippen LogP contribution in [-0.4, -0.2) is 40.8 Å². The lowest BCUT2D eigenvalue weighted by Gasteiger charge is -2.32. The average Bonchev–Trinajstić information content (AvgIpc) is 3.63. The molecule has 158 valence electrons. The molecule has 2 amide bonds. The summed E-state index contributed by atoms with van der Waals surface area (Å²) in [5.74, 6) is 0.611. The van der Waals surface area contributed by atoms with Gasteiger partial charge in [0.1, 0.15) is 5.69 Å². The van der Waals surface area contributed by atoms with Crippen LogP contribution in [0.15, 0.2) is 60.8 Å². The molecule has 2 fully saturated rings. The Morgan fingerprint density at radius 2 is 1.68 bits per heavy atom. The number of nitrogens with one attached hydrogen (secondary N) is 1. The van der Waals surface area contributed by atoms with Gasteiger partial charge in [0.25, 0.3) is 11.8 Å². The lowest BCUT2D eigenvalue weighted by Crippen LogP contribution is -2.39. The van der Waals surface area contributed by atoms with Gasteiger partial charge in [-0.15, -0.1) is 0 Å². The monoisotopic (exact) mass is 413 g/mol. The number of pyridine rings is 1. The molecule has 1 aliphatic carbocycles. The third-order valence-electron chi connectivity index (χ3n) is 6.43. The Morgan fingerprint density at radius 1 is 0.935 bits per heavy atom. The van der Waals surface area contributed by atoms with Crippen LogP contribution in [0.1, 0.15) is 52.1 Å². The number of nitrogens with zero attached hydrogens (tertiary/aromatic N) is 2. The second-order valence-corrected chi connectivity index (χ2v) is 8.77. The Balaban J connectivity index is 1.17. The van der Waals surface area contributed by atoms with Gasteiger partial charge in [-0.1, -0.05) is 36.4 Å². The predicted octanol–water partition coefficient (Wildman–Crippen LogP) is 4.22. The fourth-order valence-electron chi connectivity index (χ4n) is 4.40. The van der Waals surface area contributed by atoms with E-state index in [-0.39, 0.29) is 11.8 Å². The van der Waals surface area contributed by atoms with Gasteiger partial charge in [-0.25, -0.2) is 0 Å². The van der Waals surface area contributed by atoms with E-state index in [0.717, 1.165) is 61.5 Å². The van der Waals surface area contributed by atoms with Crippen LogP contribution in [0, 0.1) is 5.92 Å². The van der Waals surface area contributed by atoms with Gasteiger partial charge in [0.2, 0.25) is 0 Å². The second-order valence-electron chi connectivity index (χ2n) is 8.77. The maximum atomic E-state index is 13.1. The first-order valence-electron chi connectivity index (χ1n) is 11.2. The Morgan fingerprint density at radius 3 is 2.42 bits per heavy atom. The van der Waals surface area contributed by atoms with Gasteiger partial charge < -0.3 is 10.2 Å². The van der Waals surface area contributed by atoms with Crippen molar-refractivity contribution < 1.29 is 9.59 Å². The summed E-state index contributed by atoms with van der Waals surface area (Å²) in [6, 6.07) is 18.2. The van der Waals surface area contributed by atoms with E-state index in [4.69, 9.17) is 0 Å².